The molecule has 1 aromatic rings. The zero-order valence-corrected chi connectivity index (χ0v) is 13.1. The summed E-state index contributed by atoms with van der Waals surface area (Å²) < 4.78 is 6.00. The Balaban J connectivity index is 1.78. The summed E-state index contributed by atoms with van der Waals surface area (Å²) in [6.07, 6.45) is 7.00. The first-order valence-electron chi connectivity index (χ1n) is 8.14. The van der Waals surface area contributed by atoms with Crippen LogP contribution < -0.4 is 9.64 Å². The van der Waals surface area contributed by atoms with Crippen LogP contribution in [0.3, 0.4) is 0 Å². The Hall–Kier alpha value is -1.51. The molecule has 0 N–H and O–H groups in total. The fourth-order valence-corrected chi connectivity index (χ4v) is 3.53. The molecule has 2 aliphatic rings. The zero-order chi connectivity index (χ0) is 14.9. The SMILES string of the molecule is CC1(C)CN(C(=O)CC2CCCCC2)c2ccccc2O1. The maximum atomic E-state index is 12.8. The van der Waals surface area contributed by atoms with Crippen LogP contribution in [0.25, 0.3) is 0 Å². The van der Waals surface area contributed by atoms with Crippen molar-refractivity contribution < 1.29 is 9.53 Å². The molecular weight excluding hydrogens is 262 g/mol. The molecule has 3 heteroatoms. The van der Waals surface area contributed by atoms with Crippen LogP contribution in [0.4, 0.5) is 5.69 Å². The van der Waals surface area contributed by atoms with E-state index in [9.17, 15) is 4.79 Å². The fraction of sp³-hybridized carbons (Fsp3) is 0.611. The predicted octanol–water partition coefficient (Wildman–Crippen LogP) is 4.16. The van der Waals surface area contributed by atoms with E-state index >= 15 is 0 Å². The van der Waals surface area contributed by atoms with Gasteiger partial charge in [-0.2, -0.15) is 0 Å². The van der Waals surface area contributed by atoms with E-state index in [0.717, 1.165) is 11.4 Å². The van der Waals surface area contributed by atoms with Gasteiger partial charge in [0.15, 0.2) is 0 Å². The number of amides is 1. The van der Waals surface area contributed by atoms with Crippen LogP contribution in [-0.2, 0) is 4.79 Å². The Kier molecular flexibility index (Phi) is 3.92. The van der Waals surface area contributed by atoms with E-state index < -0.39 is 0 Å². The summed E-state index contributed by atoms with van der Waals surface area (Å²) in [5, 5.41) is 0. The zero-order valence-electron chi connectivity index (χ0n) is 13.1. The van der Waals surface area contributed by atoms with Crippen molar-refractivity contribution in [1.82, 2.24) is 0 Å². The van der Waals surface area contributed by atoms with Crippen LogP contribution in [0, 0.1) is 5.92 Å². The highest BCUT2D eigenvalue weighted by Gasteiger charge is 2.35. The number of hydrogen-bond donors (Lipinski definition) is 0. The molecule has 1 saturated carbocycles. The first kappa shape index (κ1) is 14.4. The van der Waals surface area contributed by atoms with Crippen LogP contribution in [0.5, 0.6) is 5.75 Å². The lowest BCUT2D eigenvalue weighted by molar-refractivity contribution is -0.120. The molecule has 1 fully saturated rings. The quantitative estimate of drug-likeness (QED) is 0.817. The van der Waals surface area contributed by atoms with E-state index in [1.165, 1.54) is 32.1 Å². The summed E-state index contributed by atoms with van der Waals surface area (Å²) in [6, 6.07) is 7.88. The van der Waals surface area contributed by atoms with Gasteiger partial charge in [0, 0.05) is 6.42 Å². The lowest BCUT2D eigenvalue weighted by Crippen LogP contribution is -2.49. The first-order valence-corrected chi connectivity index (χ1v) is 8.14. The number of rotatable bonds is 2. The number of hydrogen-bond acceptors (Lipinski definition) is 2. The molecule has 1 aromatic carbocycles. The van der Waals surface area contributed by atoms with Crippen molar-refractivity contribution in [3.8, 4) is 5.75 Å². The number of benzene rings is 1. The van der Waals surface area contributed by atoms with E-state index in [-0.39, 0.29) is 11.5 Å². The third kappa shape index (κ3) is 3.22. The number of fused-ring (bicyclic) bond motifs is 1. The molecule has 0 atom stereocenters. The van der Waals surface area contributed by atoms with Crippen molar-refractivity contribution in [2.75, 3.05) is 11.4 Å². The van der Waals surface area contributed by atoms with Crippen LogP contribution in [0.2, 0.25) is 0 Å². The van der Waals surface area contributed by atoms with Gasteiger partial charge in [-0.25, -0.2) is 0 Å². The van der Waals surface area contributed by atoms with Crippen molar-refractivity contribution in [2.45, 2.75) is 58.0 Å². The third-order valence-corrected chi connectivity index (χ3v) is 4.57. The molecule has 1 aliphatic heterocycles. The number of carbonyl (C=O) groups excluding carboxylic acids is 1. The van der Waals surface area contributed by atoms with Gasteiger partial charge in [0.1, 0.15) is 11.4 Å². The Morgan fingerprint density at radius 1 is 1.24 bits per heavy atom. The summed E-state index contributed by atoms with van der Waals surface area (Å²) in [5.41, 5.74) is 0.606. The van der Waals surface area contributed by atoms with Crippen molar-refractivity contribution in [1.29, 1.82) is 0 Å². The molecule has 0 saturated heterocycles. The molecule has 3 nitrogen and oxygen atoms in total. The molecule has 1 heterocycles. The normalized spacial score (nSPS) is 21.5. The highest BCUT2D eigenvalue weighted by molar-refractivity contribution is 5.95. The lowest BCUT2D eigenvalue weighted by Gasteiger charge is -2.40. The standard InChI is InChI=1S/C18H25NO2/c1-18(2)13-19(15-10-6-7-11-16(15)21-18)17(20)12-14-8-4-3-5-9-14/h6-7,10-11,14H,3-5,8-9,12-13H2,1-2H3. The minimum absolute atomic E-state index is 0.255. The highest BCUT2D eigenvalue weighted by Crippen LogP contribution is 2.38. The van der Waals surface area contributed by atoms with Gasteiger partial charge in [0.2, 0.25) is 5.91 Å². The molecule has 0 radical (unpaired) electrons. The number of anilines is 1. The van der Waals surface area contributed by atoms with Crippen LogP contribution in [-0.4, -0.2) is 18.1 Å². The highest BCUT2D eigenvalue weighted by atomic mass is 16.5. The second-order valence-electron chi connectivity index (χ2n) is 7.02. The van der Waals surface area contributed by atoms with Gasteiger partial charge in [-0.3, -0.25) is 4.79 Å². The lowest BCUT2D eigenvalue weighted by atomic mass is 9.86. The smallest absolute Gasteiger partial charge is 0.227 e. The molecule has 0 aromatic heterocycles. The predicted molar refractivity (Wildman–Crippen MR) is 84.7 cm³/mol. The largest absolute Gasteiger partial charge is 0.484 e. The molecule has 1 aliphatic carbocycles. The number of ether oxygens (including phenoxy) is 1. The number of para-hydroxylation sites is 2. The average molecular weight is 287 g/mol. The Morgan fingerprint density at radius 2 is 1.95 bits per heavy atom. The average Bonchev–Trinajstić information content (AvgIpc) is 2.46. The molecule has 0 bridgehead atoms. The maximum absolute atomic E-state index is 12.8. The van der Waals surface area contributed by atoms with Crippen molar-refractivity contribution in [3.05, 3.63) is 24.3 Å². The number of nitrogens with zero attached hydrogens (tertiary/aromatic N) is 1. The van der Waals surface area contributed by atoms with Crippen molar-refractivity contribution in [3.63, 3.8) is 0 Å². The molecule has 21 heavy (non-hydrogen) atoms. The van der Waals surface area contributed by atoms with Crippen LogP contribution in [0.15, 0.2) is 24.3 Å². The van der Waals surface area contributed by atoms with E-state index in [1.807, 2.05) is 43.0 Å². The molecule has 3 rings (SSSR count). The Bertz CT molecular complexity index is 518. The van der Waals surface area contributed by atoms with Gasteiger partial charge >= 0.3 is 0 Å². The van der Waals surface area contributed by atoms with E-state index in [1.54, 1.807) is 0 Å². The molecule has 1 amide bonds. The molecule has 0 unspecified atom stereocenters. The maximum Gasteiger partial charge on any atom is 0.227 e. The summed E-state index contributed by atoms with van der Waals surface area (Å²) in [7, 11) is 0. The second kappa shape index (κ2) is 5.70. The summed E-state index contributed by atoms with van der Waals surface area (Å²) in [5.74, 6) is 1.65. The van der Waals surface area contributed by atoms with Gasteiger partial charge in [-0.05, 0) is 44.7 Å². The summed E-state index contributed by atoms with van der Waals surface area (Å²) in [4.78, 5) is 14.7. The molecular formula is C18H25NO2. The molecule has 114 valence electrons. The van der Waals surface area contributed by atoms with Gasteiger partial charge in [-0.1, -0.05) is 31.4 Å². The number of carbonyl (C=O) groups is 1. The van der Waals surface area contributed by atoms with Crippen molar-refractivity contribution >= 4 is 11.6 Å². The summed E-state index contributed by atoms with van der Waals surface area (Å²) >= 11 is 0. The van der Waals surface area contributed by atoms with Gasteiger partial charge < -0.3 is 9.64 Å². The topological polar surface area (TPSA) is 29.5 Å². The van der Waals surface area contributed by atoms with Gasteiger partial charge in [0.05, 0.1) is 12.2 Å². The monoisotopic (exact) mass is 287 g/mol. The molecule has 0 spiro atoms. The van der Waals surface area contributed by atoms with E-state index in [2.05, 4.69) is 0 Å². The van der Waals surface area contributed by atoms with Crippen LogP contribution in [0.1, 0.15) is 52.4 Å². The van der Waals surface area contributed by atoms with Gasteiger partial charge in [0.25, 0.3) is 0 Å². The van der Waals surface area contributed by atoms with Gasteiger partial charge in [-0.15, -0.1) is 0 Å². The van der Waals surface area contributed by atoms with E-state index in [0.29, 0.717) is 18.9 Å². The minimum atomic E-state index is -0.323. The summed E-state index contributed by atoms with van der Waals surface area (Å²) in [6.45, 7) is 4.73. The van der Waals surface area contributed by atoms with Crippen molar-refractivity contribution in [2.24, 2.45) is 5.92 Å². The Labute approximate surface area is 127 Å². The van der Waals surface area contributed by atoms with Crippen LogP contribution >= 0.6 is 0 Å². The second-order valence-corrected chi connectivity index (χ2v) is 7.02. The minimum Gasteiger partial charge on any atom is -0.484 e. The fourth-order valence-electron chi connectivity index (χ4n) is 3.53. The first-order chi connectivity index (χ1) is 10.1. The van der Waals surface area contributed by atoms with E-state index in [4.69, 9.17) is 4.74 Å². The third-order valence-electron chi connectivity index (χ3n) is 4.57. The Morgan fingerprint density at radius 3 is 2.71 bits per heavy atom.